The molecule has 0 aromatic heterocycles. The SMILES string of the molecule is CCCCC(C(C)C1CCC(C2CCC(CCC)CC2)CC1)C1(CCC)CCC(C(=O)O)CC1F. The number of rotatable bonds is 12. The lowest BCUT2D eigenvalue weighted by atomic mass is 9.54. The largest absolute Gasteiger partial charge is 0.481 e. The maximum Gasteiger partial charge on any atom is 0.306 e. The van der Waals surface area contributed by atoms with Crippen LogP contribution >= 0.6 is 0 Å². The van der Waals surface area contributed by atoms with E-state index in [1.54, 1.807) is 0 Å². The highest BCUT2D eigenvalue weighted by Crippen LogP contribution is 2.56. The van der Waals surface area contributed by atoms with Crippen molar-refractivity contribution >= 4 is 5.97 Å². The standard InChI is InChI=1S/C32H57FO2/c1-5-8-10-29(32(20-7-3)21-19-28(31(34)35)22-30(32)33)23(4)25-15-17-27(18-16-25)26-13-11-24(9-6-2)12-14-26/h23-30H,5-22H2,1-4H3,(H,34,35). The molecule has 0 aromatic rings. The molecule has 0 bridgehead atoms. The minimum Gasteiger partial charge on any atom is -0.481 e. The monoisotopic (exact) mass is 492 g/mol. The van der Waals surface area contributed by atoms with Crippen LogP contribution in [0, 0.1) is 46.8 Å². The van der Waals surface area contributed by atoms with E-state index in [1.165, 1.54) is 70.6 Å². The third-order valence-corrected chi connectivity index (χ3v) is 11.2. The van der Waals surface area contributed by atoms with E-state index in [0.29, 0.717) is 18.3 Å². The zero-order chi connectivity index (χ0) is 25.4. The smallest absolute Gasteiger partial charge is 0.306 e. The topological polar surface area (TPSA) is 37.3 Å². The van der Waals surface area contributed by atoms with Gasteiger partial charge in [0.2, 0.25) is 0 Å². The second-order valence-electron chi connectivity index (χ2n) is 13.1. The van der Waals surface area contributed by atoms with Gasteiger partial charge in [0.15, 0.2) is 0 Å². The minimum atomic E-state index is -0.962. The van der Waals surface area contributed by atoms with E-state index >= 15 is 4.39 Å². The molecule has 2 nitrogen and oxygen atoms in total. The van der Waals surface area contributed by atoms with Gasteiger partial charge in [0.05, 0.1) is 5.92 Å². The summed E-state index contributed by atoms with van der Waals surface area (Å²) in [6.07, 6.45) is 20.1. The molecule has 0 saturated heterocycles. The highest BCUT2D eigenvalue weighted by atomic mass is 19.1. The van der Waals surface area contributed by atoms with Gasteiger partial charge in [0.1, 0.15) is 6.17 Å². The van der Waals surface area contributed by atoms with Crippen LogP contribution in [0.2, 0.25) is 0 Å². The molecular weight excluding hydrogens is 435 g/mol. The summed E-state index contributed by atoms with van der Waals surface area (Å²) in [5.74, 6) is 3.28. The normalized spacial score (nSPS) is 38.1. The van der Waals surface area contributed by atoms with Crippen molar-refractivity contribution in [2.24, 2.45) is 46.8 Å². The number of carbonyl (C=O) groups is 1. The van der Waals surface area contributed by atoms with Gasteiger partial charge in [-0.15, -0.1) is 0 Å². The lowest BCUT2D eigenvalue weighted by molar-refractivity contribution is -0.148. The van der Waals surface area contributed by atoms with Crippen LogP contribution in [0.15, 0.2) is 0 Å². The summed E-state index contributed by atoms with van der Waals surface area (Å²) in [4.78, 5) is 11.6. The Hall–Kier alpha value is -0.600. The van der Waals surface area contributed by atoms with E-state index in [4.69, 9.17) is 0 Å². The Morgan fingerprint density at radius 2 is 1.54 bits per heavy atom. The first-order chi connectivity index (χ1) is 16.9. The van der Waals surface area contributed by atoms with Gasteiger partial charge in [0, 0.05) is 5.41 Å². The van der Waals surface area contributed by atoms with Gasteiger partial charge in [-0.2, -0.15) is 0 Å². The number of carboxylic acid groups (broad SMARTS) is 1. The van der Waals surface area contributed by atoms with E-state index in [1.807, 2.05) is 0 Å². The molecule has 0 aliphatic heterocycles. The van der Waals surface area contributed by atoms with Gasteiger partial charge >= 0.3 is 5.97 Å². The van der Waals surface area contributed by atoms with Crippen LogP contribution in [-0.2, 0) is 4.79 Å². The number of halogens is 1. The first kappa shape index (κ1) is 29.0. The van der Waals surface area contributed by atoms with Crippen LogP contribution in [0.1, 0.15) is 143 Å². The summed E-state index contributed by atoms with van der Waals surface area (Å²) in [6.45, 7) is 9.23. The van der Waals surface area contributed by atoms with Gasteiger partial charge in [0.25, 0.3) is 0 Å². The van der Waals surface area contributed by atoms with Gasteiger partial charge in [-0.3, -0.25) is 4.79 Å². The molecule has 204 valence electrons. The number of carboxylic acids is 1. The van der Waals surface area contributed by atoms with Crippen molar-refractivity contribution in [2.75, 3.05) is 0 Å². The van der Waals surface area contributed by atoms with Gasteiger partial charge < -0.3 is 5.11 Å². The summed E-state index contributed by atoms with van der Waals surface area (Å²) in [7, 11) is 0. The summed E-state index contributed by atoms with van der Waals surface area (Å²) in [6, 6.07) is 0. The Kier molecular flexibility index (Phi) is 11.4. The lowest BCUT2D eigenvalue weighted by Gasteiger charge is -2.52. The van der Waals surface area contributed by atoms with Gasteiger partial charge in [-0.25, -0.2) is 4.39 Å². The molecule has 0 aromatic carbocycles. The van der Waals surface area contributed by atoms with Crippen LogP contribution in [0.5, 0.6) is 0 Å². The Morgan fingerprint density at radius 3 is 2.06 bits per heavy atom. The van der Waals surface area contributed by atoms with Crippen molar-refractivity contribution < 1.29 is 14.3 Å². The zero-order valence-electron chi connectivity index (χ0n) is 23.6. The van der Waals surface area contributed by atoms with Crippen molar-refractivity contribution in [3.63, 3.8) is 0 Å². The first-order valence-corrected chi connectivity index (χ1v) is 15.7. The van der Waals surface area contributed by atoms with Crippen LogP contribution in [0.3, 0.4) is 0 Å². The van der Waals surface area contributed by atoms with E-state index in [9.17, 15) is 9.90 Å². The van der Waals surface area contributed by atoms with E-state index in [-0.39, 0.29) is 11.8 Å². The van der Waals surface area contributed by atoms with E-state index in [0.717, 1.165) is 55.8 Å². The lowest BCUT2D eigenvalue weighted by Crippen LogP contribution is -2.48. The van der Waals surface area contributed by atoms with Gasteiger partial charge in [-0.1, -0.05) is 72.6 Å². The molecule has 3 rings (SSSR count). The molecule has 0 heterocycles. The number of aliphatic carboxylic acids is 1. The molecule has 5 atom stereocenters. The summed E-state index contributed by atoms with van der Waals surface area (Å²) < 4.78 is 16.0. The van der Waals surface area contributed by atoms with Crippen LogP contribution in [0.25, 0.3) is 0 Å². The highest BCUT2D eigenvalue weighted by Gasteiger charge is 2.52. The molecule has 0 amide bonds. The number of alkyl halides is 1. The molecule has 0 radical (unpaired) electrons. The third kappa shape index (κ3) is 7.04. The second kappa shape index (κ2) is 13.8. The molecule has 0 spiro atoms. The fourth-order valence-electron chi connectivity index (χ4n) is 9.10. The molecule has 1 N–H and O–H groups in total. The third-order valence-electron chi connectivity index (χ3n) is 11.2. The predicted octanol–water partition coefficient (Wildman–Crippen LogP) is 9.85. The molecule has 3 heteroatoms. The van der Waals surface area contributed by atoms with Crippen molar-refractivity contribution in [3.8, 4) is 0 Å². The average Bonchev–Trinajstić information content (AvgIpc) is 2.86. The van der Waals surface area contributed by atoms with Crippen molar-refractivity contribution in [1.29, 1.82) is 0 Å². The summed E-state index contributed by atoms with van der Waals surface area (Å²) in [5.41, 5.74) is -0.302. The molecule has 35 heavy (non-hydrogen) atoms. The maximum absolute atomic E-state index is 16.0. The number of hydrogen-bond donors (Lipinski definition) is 1. The molecule has 3 fully saturated rings. The van der Waals surface area contributed by atoms with Crippen LogP contribution < -0.4 is 0 Å². The number of hydrogen-bond acceptors (Lipinski definition) is 1. The van der Waals surface area contributed by atoms with Crippen LogP contribution in [0.4, 0.5) is 4.39 Å². The van der Waals surface area contributed by atoms with E-state index in [2.05, 4.69) is 27.7 Å². The summed E-state index contributed by atoms with van der Waals surface area (Å²) in [5, 5.41) is 9.56. The Balaban J connectivity index is 1.65. The minimum absolute atomic E-state index is 0.234. The molecule has 3 saturated carbocycles. The average molecular weight is 493 g/mol. The predicted molar refractivity (Wildman–Crippen MR) is 145 cm³/mol. The molecular formula is C32H57FO2. The zero-order valence-corrected chi connectivity index (χ0v) is 23.6. The van der Waals surface area contributed by atoms with Crippen LogP contribution in [-0.4, -0.2) is 17.2 Å². The highest BCUT2D eigenvalue weighted by molar-refractivity contribution is 5.70. The Bertz CT molecular complexity index is 619. The second-order valence-corrected chi connectivity index (χ2v) is 13.1. The molecule has 5 unspecified atom stereocenters. The van der Waals surface area contributed by atoms with Crippen molar-refractivity contribution in [2.45, 2.75) is 149 Å². The number of unbranched alkanes of at least 4 members (excludes halogenated alkanes) is 1. The van der Waals surface area contributed by atoms with E-state index < -0.39 is 18.1 Å². The van der Waals surface area contributed by atoms with Crippen molar-refractivity contribution in [3.05, 3.63) is 0 Å². The molecule has 3 aliphatic carbocycles. The van der Waals surface area contributed by atoms with Gasteiger partial charge in [-0.05, 0) is 106 Å². The Morgan fingerprint density at radius 1 is 0.914 bits per heavy atom. The fourth-order valence-corrected chi connectivity index (χ4v) is 9.10. The fraction of sp³-hybridized carbons (Fsp3) is 0.969. The quantitative estimate of drug-likeness (QED) is 0.294. The Labute approximate surface area is 216 Å². The maximum atomic E-state index is 16.0. The first-order valence-electron chi connectivity index (χ1n) is 15.7. The molecule has 3 aliphatic rings. The van der Waals surface area contributed by atoms with Crippen molar-refractivity contribution in [1.82, 2.24) is 0 Å². The summed E-state index contributed by atoms with van der Waals surface area (Å²) >= 11 is 0.